The number of hydrogen-bond acceptors (Lipinski definition) is 8. The molecule has 3 atom stereocenters. The second-order valence-electron chi connectivity index (χ2n) is 10.5. The van der Waals surface area contributed by atoms with Crippen LogP contribution in [-0.4, -0.2) is 51.5 Å². The average molecular weight is 609 g/mol. The fraction of sp³-hybridized carbons (Fsp3) is 0.394. The summed E-state index contributed by atoms with van der Waals surface area (Å²) in [6.07, 6.45) is 1.48. The number of aliphatic hydroxyl groups is 2. The van der Waals surface area contributed by atoms with Gasteiger partial charge in [0.05, 0.1) is 25.4 Å². The van der Waals surface area contributed by atoms with Gasteiger partial charge >= 0.3 is 0 Å². The molecule has 0 saturated carbocycles. The molecule has 5 N–H and O–H groups in total. The van der Waals surface area contributed by atoms with Crippen LogP contribution in [0.5, 0.6) is 0 Å². The molecule has 2 amide bonds. The van der Waals surface area contributed by atoms with Crippen LogP contribution >= 0.6 is 11.8 Å². The van der Waals surface area contributed by atoms with E-state index < -0.39 is 12.2 Å². The molecule has 1 fully saturated rings. The predicted molar refractivity (Wildman–Crippen MR) is 165 cm³/mol. The molecule has 43 heavy (non-hydrogen) atoms. The number of hydroxylamine groups is 1. The van der Waals surface area contributed by atoms with E-state index >= 15 is 0 Å². The molecule has 0 aliphatic carbocycles. The van der Waals surface area contributed by atoms with Crippen LogP contribution in [0.25, 0.3) is 11.1 Å². The van der Waals surface area contributed by atoms with E-state index in [-0.39, 0.29) is 37.7 Å². The Morgan fingerprint density at radius 2 is 1.56 bits per heavy atom. The van der Waals surface area contributed by atoms with Crippen LogP contribution < -0.4 is 10.8 Å². The molecule has 0 radical (unpaired) electrons. The summed E-state index contributed by atoms with van der Waals surface area (Å²) in [6, 6.07) is 23.9. The number of carbonyl (C=O) groups excluding carboxylic acids is 2. The van der Waals surface area contributed by atoms with Crippen molar-refractivity contribution < 1.29 is 34.5 Å². The first-order valence-electron chi connectivity index (χ1n) is 14.6. The van der Waals surface area contributed by atoms with Crippen LogP contribution in [-0.2, 0) is 32.2 Å². The highest BCUT2D eigenvalue weighted by Crippen LogP contribution is 2.39. The minimum atomic E-state index is -0.568. The molecule has 230 valence electrons. The van der Waals surface area contributed by atoms with Gasteiger partial charge in [0.25, 0.3) is 0 Å². The maximum absolute atomic E-state index is 12.3. The van der Waals surface area contributed by atoms with Gasteiger partial charge in [-0.1, -0.05) is 60.7 Å². The third kappa shape index (κ3) is 10.2. The molecule has 0 aromatic heterocycles. The average Bonchev–Trinajstić information content (AvgIpc) is 3.06. The largest absolute Gasteiger partial charge is 0.396 e. The number of amides is 2. The van der Waals surface area contributed by atoms with Crippen molar-refractivity contribution in [3.05, 3.63) is 95.1 Å². The van der Waals surface area contributed by atoms with Crippen molar-refractivity contribution in [3.63, 3.8) is 0 Å². The summed E-state index contributed by atoms with van der Waals surface area (Å²) in [4.78, 5) is 23.4. The highest BCUT2D eigenvalue weighted by Gasteiger charge is 2.32. The number of unbranched alkanes of at least 4 members (excludes halogenated alkanes) is 1. The highest BCUT2D eigenvalue weighted by atomic mass is 32.2. The van der Waals surface area contributed by atoms with E-state index in [1.807, 2.05) is 66.7 Å². The molecule has 1 aliphatic heterocycles. The van der Waals surface area contributed by atoms with Gasteiger partial charge in [-0.15, -0.1) is 0 Å². The Hall–Kier alpha value is -3.25. The van der Waals surface area contributed by atoms with Gasteiger partial charge in [-0.05, 0) is 52.8 Å². The number of hydrogen-bond donors (Lipinski definition) is 5. The summed E-state index contributed by atoms with van der Waals surface area (Å²) in [6.45, 7) is 0.508. The van der Waals surface area contributed by atoms with Crippen molar-refractivity contribution in [1.82, 2.24) is 10.8 Å². The van der Waals surface area contributed by atoms with E-state index in [0.717, 1.165) is 39.1 Å². The number of thioether (sulfide) groups is 1. The predicted octanol–water partition coefficient (Wildman–Crippen LogP) is 4.80. The molecular formula is C33H40N2O7S. The lowest BCUT2D eigenvalue weighted by atomic mass is 9.99. The van der Waals surface area contributed by atoms with Gasteiger partial charge in [-0.25, -0.2) is 5.48 Å². The molecule has 9 nitrogen and oxygen atoms in total. The zero-order valence-corrected chi connectivity index (χ0v) is 24.9. The second kappa shape index (κ2) is 17.1. The fourth-order valence-corrected chi connectivity index (χ4v) is 5.72. The van der Waals surface area contributed by atoms with Crippen molar-refractivity contribution in [3.8, 4) is 11.1 Å². The number of aliphatic hydroxyl groups excluding tert-OH is 2. The molecule has 1 saturated heterocycles. The molecular weight excluding hydrogens is 568 g/mol. The molecule has 4 rings (SSSR count). The van der Waals surface area contributed by atoms with Crippen molar-refractivity contribution in [2.45, 2.75) is 63.8 Å². The van der Waals surface area contributed by atoms with E-state index in [9.17, 15) is 19.8 Å². The maximum atomic E-state index is 12.3. The van der Waals surface area contributed by atoms with E-state index in [4.69, 9.17) is 14.7 Å². The molecule has 0 spiro atoms. The third-order valence-electron chi connectivity index (χ3n) is 7.25. The number of benzene rings is 3. The maximum Gasteiger partial charge on any atom is 0.243 e. The lowest BCUT2D eigenvalue weighted by Crippen LogP contribution is -2.31. The van der Waals surface area contributed by atoms with Crippen LogP contribution in [0.4, 0.5) is 0 Å². The molecule has 3 aromatic rings. The standard InChI is InChI=1S/C33H40N2O7S/c36-15-16-43-22-29-19-30(25-13-11-23(21-37)12-14-25)42-33(41-29)28-8-4-7-27(18-28)26-6-3-5-24(17-26)20-34-31(38)9-1-2-10-32(39)35-40/h3-8,11-14,17-18,29-30,33,36-37,40H,1-2,9-10,15-16,19-22H2,(H,34,38)(H,35,39)/t29-,30+,33+/m0/s1. The second-order valence-corrected chi connectivity index (χ2v) is 11.6. The number of nitrogens with one attached hydrogen (secondary N) is 2. The Labute approximate surface area is 256 Å². The summed E-state index contributed by atoms with van der Waals surface area (Å²) in [7, 11) is 0. The van der Waals surface area contributed by atoms with Gasteiger partial charge in [0.1, 0.15) is 0 Å². The fourth-order valence-electron chi connectivity index (χ4n) is 4.94. The number of carbonyl (C=O) groups is 2. The lowest BCUT2D eigenvalue weighted by Gasteiger charge is -2.36. The molecule has 0 unspecified atom stereocenters. The van der Waals surface area contributed by atoms with E-state index in [1.54, 1.807) is 17.2 Å². The minimum Gasteiger partial charge on any atom is -0.396 e. The summed E-state index contributed by atoms with van der Waals surface area (Å²) in [5, 5.41) is 30.2. The van der Waals surface area contributed by atoms with Crippen LogP contribution in [0.3, 0.4) is 0 Å². The normalized spacial score (nSPS) is 18.3. The molecule has 1 heterocycles. The first kappa shape index (κ1) is 32.7. The Bertz CT molecular complexity index is 1320. The summed E-state index contributed by atoms with van der Waals surface area (Å²) >= 11 is 1.66. The first-order valence-corrected chi connectivity index (χ1v) is 15.7. The monoisotopic (exact) mass is 608 g/mol. The van der Waals surface area contributed by atoms with Gasteiger partial charge in [0.2, 0.25) is 11.8 Å². The first-order chi connectivity index (χ1) is 21.0. The van der Waals surface area contributed by atoms with Gasteiger partial charge in [-0.2, -0.15) is 11.8 Å². The molecule has 0 bridgehead atoms. The molecule has 1 aliphatic rings. The lowest BCUT2D eigenvalue weighted by molar-refractivity contribution is -0.245. The Morgan fingerprint density at radius 3 is 2.28 bits per heavy atom. The van der Waals surface area contributed by atoms with E-state index in [2.05, 4.69) is 11.4 Å². The quantitative estimate of drug-likeness (QED) is 0.0943. The SMILES string of the molecule is O=C(CCCCC(=O)NCc1cccc(-c2cccc([C@@H]3O[C@H](CSCCO)C[C@H](c4ccc(CO)cc4)O3)c2)c1)NO. The zero-order chi connectivity index (χ0) is 30.4. The van der Waals surface area contributed by atoms with Crippen LogP contribution in [0.1, 0.15) is 66.8 Å². The van der Waals surface area contributed by atoms with Crippen molar-refractivity contribution >= 4 is 23.6 Å². The molecule has 10 heteroatoms. The zero-order valence-electron chi connectivity index (χ0n) is 24.1. The van der Waals surface area contributed by atoms with Gasteiger partial charge < -0.3 is 25.0 Å². The van der Waals surface area contributed by atoms with Gasteiger partial charge in [0, 0.05) is 42.9 Å². The Balaban J connectivity index is 1.42. The third-order valence-corrected chi connectivity index (χ3v) is 8.32. The summed E-state index contributed by atoms with van der Waals surface area (Å²) < 4.78 is 12.9. The topological polar surface area (TPSA) is 137 Å². The number of ether oxygens (including phenoxy) is 2. The van der Waals surface area contributed by atoms with Crippen molar-refractivity contribution in [2.75, 3.05) is 18.1 Å². The smallest absolute Gasteiger partial charge is 0.243 e. The highest BCUT2D eigenvalue weighted by molar-refractivity contribution is 7.99. The summed E-state index contributed by atoms with van der Waals surface area (Å²) in [5.41, 5.74) is 7.35. The van der Waals surface area contributed by atoms with Crippen molar-refractivity contribution in [1.29, 1.82) is 0 Å². The molecule has 3 aromatic carbocycles. The van der Waals surface area contributed by atoms with Crippen molar-refractivity contribution in [2.24, 2.45) is 0 Å². The Kier molecular flexibility index (Phi) is 13.0. The number of rotatable bonds is 15. The van der Waals surface area contributed by atoms with Gasteiger partial charge in [0.15, 0.2) is 6.29 Å². The van der Waals surface area contributed by atoms with Crippen LogP contribution in [0.2, 0.25) is 0 Å². The van der Waals surface area contributed by atoms with E-state index in [1.165, 1.54) is 0 Å². The minimum absolute atomic E-state index is 0.00821. The van der Waals surface area contributed by atoms with E-state index in [0.29, 0.717) is 38.0 Å². The van der Waals surface area contributed by atoms with Crippen LogP contribution in [0.15, 0.2) is 72.8 Å². The summed E-state index contributed by atoms with van der Waals surface area (Å²) in [5.74, 6) is 0.859. The van der Waals surface area contributed by atoms with Crippen LogP contribution in [0, 0.1) is 0 Å². The van der Waals surface area contributed by atoms with Gasteiger partial charge in [-0.3, -0.25) is 14.8 Å². The Morgan fingerprint density at radius 1 is 0.837 bits per heavy atom.